The lowest BCUT2D eigenvalue weighted by Crippen LogP contribution is -2.55. The van der Waals surface area contributed by atoms with Gasteiger partial charge in [0, 0.05) is 17.9 Å². The fourth-order valence-corrected chi connectivity index (χ4v) is 6.61. The van der Waals surface area contributed by atoms with Crippen molar-refractivity contribution < 1.29 is 23.4 Å². The second-order valence-corrected chi connectivity index (χ2v) is 18.2. The molecule has 0 bridgehead atoms. The molecule has 0 aliphatic carbocycles. The minimum absolute atomic E-state index is 0.00642. The van der Waals surface area contributed by atoms with Gasteiger partial charge in [-0.05, 0) is 39.4 Å². The Labute approximate surface area is 156 Å². The molecule has 7 heteroatoms. The van der Waals surface area contributed by atoms with E-state index in [1.807, 2.05) is 0 Å². The average molecular weight is 391 g/mol. The van der Waals surface area contributed by atoms with Crippen LogP contribution in [-0.2, 0) is 23.4 Å². The monoisotopic (exact) mass is 390 g/mol. The number of hydrogen-bond acceptors (Lipinski definition) is 5. The smallest absolute Gasteiger partial charge is 0.330 e. The first-order valence-electron chi connectivity index (χ1n) is 9.06. The second-order valence-electron chi connectivity index (χ2n) is 8.32. The predicted octanol–water partition coefficient (Wildman–Crippen LogP) is 4.02. The zero-order valence-corrected chi connectivity index (χ0v) is 19.3. The van der Waals surface area contributed by atoms with Crippen LogP contribution in [-0.4, -0.2) is 60.6 Å². The Kier molecular flexibility index (Phi) is 11.1. The molecule has 5 nitrogen and oxygen atoms in total. The summed E-state index contributed by atoms with van der Waals surface area (Å²) in [5.41, 5.74) is 0. The quantitative estimate of drug-likeness (QED) is 0.194. The lowest BCUT2D eigenvalue weighted by atomic mass is 10.5. The molecule has 0 aromatic heterocycles. The first-order valence-corrected chi connectivity index (χ1v) is 15.7. The molecule has 0 fully saturated rings. The molecule has 0 N–H and O–H groups in total. The summed E-state index contributed by atoms with van der Waals surface area (Å²) in [6.45, 7) is 21.9. The van der Waals surface area contributed by atoms with Crippen LogP contribution in [0, 0.1) is 0 Å². The van der Waals surface area contributed by atoms with Crippen LogP contribution in [0.5, 0.6) is 0 Å². The van der Waals surface area contributed by atoms with E-state index in [0.717, 1.165) is 25.1 Å². The van der Waals surface area contributed by atoms with Crippen molar-refractivity contribution in [3.05, 3.63) is 12.7 Å². The van der Waals surface area contributed by atoms with Crippen LogP contribution in [0.3, 0.4) is 0 Å². The van der Waals surface area contributed by atoms with Crippen LogP contribution in [0.2, 0.25) is 38.8 Å². The third-order valence-corrected chi connectivity index (χ3v) is 11.0. The summed E-state index contributed by atoms with van der Waals surface area (Å²) in [5, 5.41) is 0.00642. The Balaban J connectivity index is 3.73. The van der Waals surface area contributed by atoms with Gasteiger partial charge in [0.05, 0.1) is 27.9 Å². The van der Waals surface area contributed by atoms with E-state index in [4.69, 9.17) is 18.6 Å². The van der Waals surface area contributed by atoms with E-state index in [1.165, 1.54) is 0 Å². The van der Waals surface area contributed by atoms with Gasteiger partial charge in [-0.25, -0.2) is 4.79 Å². The lowest BCUT2D eigenvalue weighted by Gasteiger charge is -2.43. The summed E-state index contributed by atoms with van der Waals surface area (Å²) in [7, 11) is -3.03. The molecule has 0 spiro atoms. The van der Waals surface area contributed by atoms with Crippen LogP contribution in [0.25, 0.3) is 0 Å². The van der Waals surface area contributed by atoms with E-state index in [0.29, 0.717) is 19.8 Å². The van der Waals surface area contributed by atoms with Gasteiger partial charge in [-0.3, -0.25) is 0 Å². The van der Waals surface area contributed by atoms with Gasteiger partial charge in [0.15, 0.2) is 8.32 Å². The zero-order valence-electron chi connectivity index (χ0n) is 17.3. The molecule has 0 unspecified atom stereocenters. The number of rotatable bonds is 14. The van der Waals surface area contributed by atoms with Crippen LogP contribution in [0.4, 0.5) is 0 Å². The van der Waals surface area contributed by atoms with Crippen molar-refractivity contribution in [2.45, 2.75) is 64.3 Å². The topological polar surface area (TPSA) is 54.0 Å². The van der Waals surface area contributed by atoms with Crippen molar-refractivity contribution >= 4 is 22.4 Å². The van der Waals surface area contributed by atoms with Crippen molar-refractivity contribution in [2.24, 2.45) is 0 Å². The second kappa shape index (κ2) is 11.3. The van der Waals surface area contributed by atoms with E-state index >= 15 is 0 Å². The van der Waals surface area contributed by atoms with Crippen LogP contribution in [0.15, 0.2) is 12.7 Å². The third-order valence-electron chi connectivity index (χ3n) is 4.42. The minimum Gasteiger partial charge on any atom is -0.460 e. The van der Waals surface area contributed by atoms with Crippen molar-refractivity contribution in [2.75, 3.05) is 33.0 Å². The standard InChI is InChI=1S/C18H38O5Si2/c1-9-17(19)22-15-14-21-13-12-20-11-10-16-25(7,8)23-18(2,3)24(4,5)6/h9H,1,10-16H2,2-8H3. The van der Waals surface area contributed by atoms with Crippen LogP contribution < -0.4 is 0 Å². The number of carbonyl (C=O) groups excluding carboxylic acids is 1. The summed E-state index contributed by atoms with van der Waals surface area (Å²) in [4.78, 5) is 10.8. The Morgan fingerprint density at radius 1 is 0.960 bits per heavy atom. The molecule has 0 aliphatic heterocycles. The Hall–Kier alpha value is -0.476. The van der Waals surface area contributed by atoms with Gasteiger partial charge in [0.2, 0.25) is 0 Å². The molecule has 25 heavy (non-hydrogen) atoms. The number of hydrogen-bond donors (Lipinski definition) is 0. The Morgan fingerprint density at radius 2 is 1.48 bits per heavy atom. The molecule has 0 aliphatic rings. The highest BCUT2D eigenvalue weighted by Gasteiger charge is 2.40. The maximum absolute atomic E-state index is 10.8. The van der Waals surface area contributed by atoms with Crippen molar-refractivity contribution in [3.8, 4) is 0 Å². The third kappa shape index (κ3) is 11.7. The summed E-state index contributed by atoms with van der Waals surface area (Å²) < 4.78 is 22.3. The Morgan fingerprint density at radius 3 is 2.00 bits per heavy atom. The van der Waals surface area contributed by atoms with E-state index in [-0.39, 0.29) is 11.8 Å². The van der Waals surface area contributed by atoms with Crippen LogP contribution in [0.1, 0.15) is 20.3 Å². The highest BCUT2D eigenvalue weighted by atomic mass is 28.4. The molecule has 0 saturated heterocycles. The van der Waals surface area contributed by atoms with Gasteiger partial charge < -0.3 is 18.6 Å². The molecule has 0 heterocycles. The van der Waals surface area contributed by atoms with Crippen molar-refractivity contribution in [1.82, 2.24) is 0 Å². The maximum Gasteiger partial charge on any atom is 0.330 e. The zero-order chi connectivity index (χ0) is 19.6. The molecule has 0 rings (SSSR count). The highest BCUT2D eigenvalue weighted by Crippen LogP contribution is 2.29. The van der Waals surface area contributed by atoms with Crippen LogP contribution >= 0.6 is 0 Å². The average Bonchev–Trinajstić information content (AvgIpc) is 2.46. The molecule has 0 aromatic rings. The minimum atomic E-state index is -1.68. The molecular formula is C18H38O5Si2. The highest BCUT2D eigenvalue weighted by molar-refractivity contribution is 6.80. The van der Waals surface area contributed by atoms with Gasteiger partial charge >= 0.3 is 5.97 Å². The molecule has 0 aromatic carbocycles. The van der Waals surface area contributed by atoms with Gasteiger partial charge in [0.1, 0.15) is 6.61 Å². The molecule has 0 atom stereocenters. The summed E-state index contributed by atoms with van der Waals surface area (Å²) in [6.07, 6.45) is 2.15. The molecule has 0 saturated carbocycles. The lowest BCUT2D eigenvalue weighted by molar-refractivity contribution is -0.139. The number of ether oxygens (including phenoxy) is 3. The predicted molar refractivity (Wildman–Crippen MR) is 108 cm³/mol. The molecular weight excluding hydrogens is 352 g/mol. The SMILES string of the molecule is C=CC(=O)OCCOCCOCCC[Si](C)(C)OC(C)(C)[Si](C)(C)C. The van der Waals surface area contributed by atoms with Gasteiger partial charge in [-0.15, -0.1) is 0 Å². The van der Waals surface area contributed by atoms with Gasteiger partial charge in [-0.1, -0.05) is 26.2 Å². The van der Waals surface area contributed by atoms with Gasteiger partial charge in [-0.2, -0.15) is 0 Å². The van der Waals surface area contributed by atoms with E-state index in [1.54, 1.807) is 0 Å². The largest absolute Gasteiger partial charge is 0.460 e. The first kappa shape index (κ1) is 24.5. The summed E-state index contributed by atoms with van der Waals surface area (Å²) >= 11 is 0. The maximum atomic E-state index is 10.8. The van der Waals surface area contributed by atoms with Gasteiger partial charge in [0.25, 0.3) is 0 Å². The van der Waals surface area contributed by atoms with Crippen molar-refractivity contribution in [3.63, 3.8) is 0 Å². The number of carbonyl (C=O) groups is 1. The van der Waals surface area contributed by atoms with E-state index in [2.05, 4.69) is 53.2 Å². The molecule has 0 radical (unpaired) electrons. The van der Waals surface area contributed by atoms with Crippen molar-refractivity contribution in [1.29, 1.82) is 0 Å². The Bertz CT molecular complexity index is 403. The molecule has 0 amide bonds. The number of esters is 1. The fourth-order valence-electron chi connectivity index (χ4n) is 2.08. The fraction of sp³-hybridized carbons (Fsp3) is 0.833. The normalized spacial score (nSPS) is 12.9. The summed E-state index contributed by atoms with van der Waals surface area (Å²) in [6, 6.07) is 1.10. The molecule has 148 valence electrons. The summed E-state index contributed by atoms with van der Waals surface area (Å²) in [5.74, 6) is -0.425. The first-order chi connectivity index (χ1) is 11.4. The van der Waals surface area contributed by atoms with E-state index < -0.39 is 22.4 Å². The van der Waals surface area contributed by atoms with E-state index in [9.17, 15) is 4.79 Å².